The maximum absolute atomic E-state index is 11.2. The van der Waals surface area contributed by atoms with Crippen LogP contribution >= 0.6 is 0 Å². The van der Waals surface area contributed by atoms with Gasteiger partial charge < -0.3 is 19.9 Å². The second-order valence-corrected chi connectivity index (χ2v) is 8.20. The summed E-state index contributed by atoms with van der Waals surface area (Å²) < 4.78 is 0. The number of nitrogens with zero attached hydrogens (tertiary/aromatic N) is 6. The second-order valence-electron chi connectivity index (χ2n) is 8.20. The molecule has 34 heavy (non-hydrogen) atoms. The number of hydrogen-bond acceptors (Lipinski definition) is 8. The molecule has 0 radical (unpaired) electrons. The summed E-state index contributed by atoms with van der Waals surface area (Å²) in [6.45, 7) is 3.82. The van der Waals surface area contributed by atoms with E-state index >= 15 is 0 Å². The van der Waals surface area contributed by atoms with Crippen LogP contribution in [-0.2, 0) is 0 Å². The molecular formula is C24H23N7O3. The van der Waals surface area contributed by atoms with Crippen LogP contribution in [0, 0.1) is 10.1 Å². The normalized spacial score (nSPS) is 15.1. The number of pyridine rings is 2. The van der Waals surface area contributed by atoms with E-state index in [-0.39, 0.29) is 11.6 Å². The lowest BCUT2D eigenvalue weighted by molar-refractivity contribution is -0.384. The summed E-state index contributed by atoms with van der Waals surface area (Å²) in [6.07, 6.45) is 5.03. The molecule has 10 heteroatoms. The predicted octanol–water partition coefficient (Wildman–Crippen LogP) is 3.49. The molecule has 0 bridgehead atoms. The van der Waals surface area contributed by atoms with Crippen LogP contribution in [0.4, 0.5) is 17.2 Å². The number of H-pyrrole nitrogens is 1. The van der Waals surface area contributed by atoms with Gasteiger partial charge in [-0.2, -0.15) is 0 Å². The number of non-ortho nitro benzene ring substituents is 1. The van der Waals surface area contributed by atoms with Crippen molar-refractivity contribution in [3.05, 3.63) is 82.3 Å². The molecule has 0 unspecified atom stereocenters. The molecular weight excluding hydrogens is 434 g/mol. The van der Waals surface area contributed by atoms with Crippen molar-refractivity contribution in [2.75, 3.05) is 38.1 Å². The highest BCUT2D eigenvalue weighted by molar-refractivity contribution is 6.21. The van der Waals surface area contributed by atoms with Crippen molar-refractivity contribution in [3.63, 3.8) is 0 Å². The number of aromatic amines is 1. The minimum atomic E-state index is -0.472. The van der Waals surface area contributed by atoms with E-state index in [2.05, 4.69) is 31.8 Å². The van der Waals surface area contributed by atoms with Gasteiger partial charge in [0.05, 0.1) is 33.6 Å². The van der Waals surface area contributed by atoms with Crippen LogP contribution in [0.3, 0.4) is 0 Å². The average Bonchev–Trinajstić information content (AvgIpc) is 3.18. The van der Waals surface area contributed by atoms with Crippen molar-refractivity contribution in [2.45, 2.75) is 0 Å². The molecule has 0 atom stereocenters. The fraction of sp³-hybridized carbons (Fsp3) is 0.208. The highest BCUT2D eigenvalue weighted by Gasteiger charge is 2.21. The van der Waals surface area contributed by atoms with E-state index in [1.54, 1.807) is 30.7 Å². The topological polar surface area (TPSA) is 124 Å². The van der Waals surface area contributed by atoms with Crippen LogP contribution in [0.15, 0.2) is 66.0 Å². The van der Waals surface area contributed by atoms with Crippen LogP contribution in [-0.4, -0.2) is 68.8 Å². The SMILES string of the molecule is CN1CCN(c2ccc(N=C(c3cccnc3)c3c(O)[nH]c4cc([N+](=O)[O-])ccc34)cn2)CC1. The number of aromatic hydroxyl groups is 1. The number of aliphatic imine (C=N–C) groups is 1. The van der Waals surface area contributed by atoms with E-state index < -0.39 is 4.92 Å². The standard InChI is InChI=1S/C24H23N7O3/c1-29-9-11-30(12-10-29)21-7-4-17(15-26-21)27-23(16-3-2-8-25-14-16)22-19-6-5-18(31(33)34)13-20(19)28-24(22)32/h2-8,13-15,28,32H,9-12H2,1H3. The Morgan fingerprint density at radius 2 is 1.97 bits per heavy atom. The second kappa shape index (κ2) is 8.91. The zero-order valence-electron chi connectivity index (χ0n) is 18.5. The first-order valence-corrected chi connectivity index (χ1v) is 10.9. The molecule has 1 aliphatic rings. The van der Waals surface area contributed by atoms with Gasteiger partial charge in [0.2, 0.25) is 0 Å². The average molecular weight is 457 g/mol. The lowest BCUT2D eigenvalue weighted by Gasteiger charge is -2.33. The molecule has 1 aromatic carbocycles. The third-order valence-electron chi connectivity index (χ3n) is 5.95. The number of nitrogens with one attached hydrogen (secondary N) is 1. The lowest BCUT2D eigenvalue weighted by Crippen LogP contribution is -2.44. The number of hydrogen-bond donors (Lipinski definition) is 2. The first-order valence-electron chi connectivity index (χ1n) is 10.9. The van der Waals surface area contributed by atoms with Crippen molar-refractivity contribution >= 4 is 33.8 Å². The summed E-state index contributed by atoms with van der Waals surface area (Å²) in [5.74, 6) is 0.775. The summed E-state index contributed by atoms with van der Waals surface area (Å²) in [5.41, 5.74) is 2.62. The molecule has 4 heterocycles. The smallest absolute Gasteiger partial charge is 0.271 e. The minimum absolute atomic E-state index is 0.0659. The molecule has 2 N–H and O–H groups in total. The first-order chi connectivity index (χ1) is 16.5. The van der Waals surface area contributed by atoms with Crippen molar-refractivity contribution in [1.29, 1.82) is 0 Å². The molecule has 172 valence electrons. The number of likely N-dealkylation sites (N-methyl/N-ethyl adjacent to an activating group) is 1. The van der Waals surface area contributed by atoms with Gasteiger partial charge in [0.15, 0.2) is 5.88 Å². The quantitative estimate of drug-likeness (QED) is 0.267. The maximum atomic E-state index is 11.2. The van der Waals surface area contributed by atoms with E-state index in [0.717, 1.165) is 32.0 Å². The number of aromatic nitrogens is 3. The van der Waals surface area contributed by atoms with Crippen molar-refractivity contribution < 1.29 is 10.0 Å². The van der Waals surface area contributed by atoms with Crippen molar-refractivity contribution in [3.8, 4) is 5.88 Å². The molecule has 1 fully saturated rings. The molecule has 3 aromatic heterocycles. The highest BCUT2D eigenvalue weighted by Crippen LogP contribution is 2.33. The Morgan fingerprint density at radius 1 is 1.15 bits per heavy atom. The molecule has 4 aromatic rings. The first kappa shape index (κ1) is 21.5. The third-order valence-corrected chi connectivity index (χ3v) is 5.95. The zero-order chi connectivity index (χ0) is 23.7. The Labute approximate surface area is 195 Å². The van der Waals surface area contributed by atoms with E-state index in [4.69, 9.17) is 4.99 Å². The predicted molar refractivity (Wildman–Crippen MR) is 130 cm³/mol. The van der Waals surface area contributed by atoms with E-state index in [9.17, 15) is 15.2 Å². The van der Waals surface area contributed by atoms with Gasteiger partial charge in [-0.3, -0.25) is 15.1 Å². The molecule has 10 nitrogen and oxygen atoms in total. The van der Waals surface area contributed by atoms with Crippen LogP contribution in [0.2, 0.25) is 0 Å². The Hall–Kier alpha value is -4.31. The number of rotatable bonds is 5. The molecule has 1 aliphatic heterocycles. The van der Waals surface area contributed by atoms with Gasteiger partial charge in [0, 0.05) is 61.7 Å². The molecule has 0 saturated carbocycles. The Morgan fingerprint density at radius 3 is 2.65 bits per heavy atom. The van der Waals surface area contributed by atoms with Gasteiger partial charge in [-0.05, 0) is 37.4 Å². The zero-order valence-corrected chi connectivity index (χ0v) is 18.5. The summed E-state index contributed by atoms with van der Waals surface area (Å²) in [4.78, 5) is 31.7. The van der Waals surface area contributed by atoms with Crippen LogP contribution in [0.5, 0.6) is 5.88 Å². The van der Waals surface area contributed by atoms with Crippen molar-refractivity contribution in [1.82, 2.24) is 19.9 Å². The molecule has 5 rings (SSSR count). The van der Waals surface area contributed by atoms with E-state index in [1.807, 2.05) is 18.2 Å². The fourth-order valence-electron chi connectivity index (χ4n) is 4.09. The van der Waals surface area contributed by atoms with Gasteiger partial charge in [-0.1, -0.05) is 0 Å². The Bertz CT molecular complexity index is 1360. The van der Waals surface area contributed by atoms with Crippen LogP contribution in [0.1, 0.15) is 11.1 Å². The van der Waals surface area contributed by atoms with E-state index in [1.165, 1.54) is 12.1 Å². The third kappa shape index (κ3) is 4.18. The number of anilines is 1. The monoisotopic (exact) mass is 457 g/mol. The Balaban J connectivity index is 1.57. The van der Waals surface area contributed by atoms with Crippen molar-refractivity contribution in [2.24, 2.45) is 4.99 Å². The summed E-state index contributed by atoms with van der Waals surface area (Å²) >= 11 is 0. The Kier molecular flexibility index (Phi) is 5.64. The van der Waals surface area contributed by atoms with Crippen LogP contribution < -0.4 is 4.90 Å². The van der Waals surface area contributed by atoms with Gasteiger partial charge in [0.25, 0.3) is 5.69 Å². The van der Waals surface area contributed by atoms with Crippen LogP contribution in [0.25, 0.3) is 10.9 Å². The minimum Gasteiger partial charge on any atom is -0.494 e. The fourth-order valence-corrected chi connectivity index (χ4v) is 4.09. The maximum Gasteiger partial charge on any atom is 0.271 e. The largest absolute Gasteiger partial charge is 0.494 e. The molecule has 1 saturated heterocycles. The van der Waals surface area contributed by atoms with Gasteiger partial charge in [-0.25, -0.2) is 9.98 Å². The molecule has 0 amide bonds. The summed E-state index contributed by atoms with van der Waals surface area (Å²) in [6, 6.07) is 11.9. The number of nitro benzene ring substituents is 1. The molecule has 0 spiro atoms. The lowest BCUT2D eigenvalue weighted by atomic mass is 10.0. The number of fused-ring (bicyclic) bond motifs is 1. The van der Waals surface area contributed by atoms with Gasteiger partial charge >= 0.3 is 0 Å². The number of nitro groups is 1. The number of benzene rings is 1. The summed E-state index contributed by atoms with van der Waals surface area (Å²) in [7, 11) is 2.11. The highest BCUT2D eigenvalue weighted by atomic mass is 16.6. The van der Waals surface area contributed by atoms with Gasteiger partial charge in [0.1, 0.15) is 5.82 Å². The summed E-state index contributed by atoms with van der Waals surface area (Å²) in [5, 5.41) is 22.5. The van der Waals surface area contributed by atoms with E-state index in [0.29, 0.717) is 33.4 Å². The number of piperazine rings is 1. The van der Waals surface area contributed by atoms with Gasteiger partial charge in [-0.15, -0.1) is 0 Å². The molecule has 0 aliphatic carbocycles.